The van der Waals surface area contributed by atoms with Crippen molar-refractivity contribution < 1.29 is 14.0 Å². The minimum atomic E-state index is -0.135. The zero-order valence-corrected chi connectivity index (χ0v) is 10.3. The first-order valence-electron chi connectivity index (χ1n) is 6.03. The number of ether oxygens (including phenoxy) is 2. The Kier molecular flexibility index (Phi) is 4.47. The Morgan fingerprint density at radius 3 is 3.12 bits per heavy atom. The van der Waals surface area contributed by atoms with E-state index in [2.05, 4.69) is 22.4 Å². The average molecular weight is 241 g/mol. The molecule has 2 atom stereocenters. The second kappa shape index (κ2) is 6.09. The molecule has 0 amide bonds. The van der Waals surface area contributed by atoms with Crippen LogP contribution in [-0.4, -0.2) is 36.9 Å². The zero-order valence-electron chi connectivity index (χ0n) is 10.3. The number of methoxy groups -OCH3 is 1. The Hall–Kier alpha value is -0.980. The molecule has 1 aliphatic rings. The van der Waals surface area contributed by atoms with Crippen molar-refractivity contribution in [2.45, 2.75) is 32.0 Å². The lowest BCUT2D eigenvalue weighted by atomic mass is 10.2. The predicted octanol–water partition coefficient (Wildman–Crippen LogP) is 1.22. The van der Waals surface area contributed by atoms with E-state index >= 15 is 0 Å². The molecule has 96 valence electrons. The largest absolute Gasteiger partial charge is 0.373 e. The second-order valence-corrected chi connectivity index (χ2v) is 4.07. The first kappa shape index (κ1) is 12.5. The van der Waals surface area contributed by atoms with E-state index in [-0.39, 0.29) is 12.2 Å². The second-order valence-electron chi connectivity index (χ2n) is 4.07. The molecule has 1 aliphatic heterocycles. The summed E-state index contributed by atoms with van der Waals surface area (Å²) in [4.78, 5) is 4.36. The molecule has 2 unspecified atom stereocenters. The van der Waals surface area contributed by atoms with E-state index in [1.807, 2.05) is 0 Å². The fourth-order valence-electron chi connectivity index (χ4n) is 1.85. The maximum atomic E-state index is 5.55. The van der Waals surface area contributed by atoms with Gasteiger partial charge in [-0.2, -0.15) is 4.98 Å². The third-order valence-electron chi connectivity index (χ3n) is 2.78. The van der Waals surface area contributed by atoms with Crippen LogP contribution in [-0.2, 0) is 9.47 Å². The number of hydrogen-bond donors (Lipinski definition) is 1. The molecule has 0 aromatic carbocycles. The van der Waals surface area contributed by atoms with Gasteiger partial charge in [-0.25, -0.2) is 0 Å². The Labute approximate surface area is 101 Å². The van der Waals surface area contributed by atoms with Crippen molar-refractivity contribution in [1.82, 2.24) is 15.5 Å². The van der Waals surface area contributed by atoms with Crippen LogP contribution in [0.3, 0.4) is 0 Å². The Morgan fingerprint density at radius 2 is 2.47 bits per heavy atom. The van der Waals surface area contributed by atoms with Crippen LogP contribution in [0.4, 0.5) is 0 Å². The van der Waals surface area contributed by atoms with Crippen molar-refractivity contribution in [1.29, 1.82) is 0 Å². The Morgan fingerprint density at radius 1 is 1.59 bits per heavy atom. The van der Waals surface area contributed by atoms with Gasteiger partial charge in [0.25, 0.3) is 5.89 Å². The summed E-state index contributed by atoms with van der Waals surface area (Å²) < 4.78 is 16.1. The monoisotopic (exact) mass is 241 g/mol. The molecule has 1 N–H and O–H groups in total. The molecule has 17 heavy (non-hydrogen) atoms. The van der Waals surface area contributed by atoms with Crippen molar-refractivity contribution in [2.24, 2.45) is 0 Å². The van der Waals surface area contributed by atoms with Crippen LogP contribution in [0.15, 0.2) is 4.52 Å². The summed E-state index contributed by atoms with van der Waals surface area (Å²) in [6.07, 6.45) is 1.68. The third-order valence-corrected chi connectivity index (χ3v) is 2.78. The fraction of sp³-hybridized carbons (Fsp3) is 0.818. The van der Waals surface area contributed by atoms with E-state index in [1.54, 1.807) is 7.11 Å². The van der Waals surface area contributed by atoms with Crippen LogP contribution in [0, 0.1) is 0 Å². The molecule has 0 saturated carbocycles. The summed E-state index contributed by atoms with van der Waals surface area (Å²) in [6, 6.07) is 0. The van der Waals surface area contributed by atoms with Crippen molar-refractivity contribution in [3.63, 3.8) is 0 Å². The first-order chi connectivity index (χ1) is 8.35. The van der Waals surface area contributed by atoms with Crippen molar-refractivity contribution in [3.05, 3.63) is 11.7 Å². The smallest absolute Gasteiger partial charge is 0.257 e. The SMILES string of the molecule is CCCC(OC)c1noc(C2CNCCO2)n1. The van der Waals surface area contributed by atoms with E-state index in [1.165, 1.54) is 0 Å². The number of hydrogen-bond acceptors (Lipinski definition) is 6. The quantitative estimate of drug-likeness (QED) is 0.835. The average Bonchev–Trinajstić information content (AvgIpc) is 2.86. The number of nitrogens with zero attached hydrogens (tertiary/aromatic N) is 2. The van der Waals surface area contributed by atoms with Crippen molar-refractivity contribution in [3.8, 4) is 0 Å². The molecular formula is C11H19N3O3. The molecule has 1 fully saturated rings. The number of aromatic nitrogens is 2. The summed E-state index contributed by atoms with van der Waals surface area (Å²) in [5, 5.41) is 7.19. The van der Waals surface area contributed by atoms with Crippen LogP contribution in [0.5, 0.6) is 0 Å². The number of morpholine rings is 1. The molecule has 1 aromatic rings. The number of rotatable bonds is 5. The zero-order chi connectivity index (χ0) is 12.1. The molecule has 2 rings (SSSR count). The topological polar surface area (TPSA) is 69.4 Å². The molecule has 2 heterocycles. The summed E-state index contributed by atoms with van der Waals surface area (Å²) in [7, 11) is 1.66. The molecule has 0 radical (unpaired) electrons. The minimum Gasteiger partial charge on any atom is -0.373 e. The van der Waals surface area contributed by atoms with Gasteiger partial charge in [-0.1, -0.05) is 18.5 Å². The van der Waals surface area contributed by atoms with Crippen molar-refractivity contribution >= 4 is 0 Å². The van der Waals surface area contributed by atoms with Gasteiger partial charge in [0.15, 0.2) is 0 Å². The van der Waals surface area contributed by atoms with Gasteiger partial charge in [0.2, 0.25) is 5.82 Å². The van der Waals surface area contributed by atoms with E-state index in [0.29, 0.717) is 24.9 Å². The van der Waals surface area contributed by atoms with Gasteiger partial charge in [0.1, 0.15) is 12.2 Å². The predicted molar refractivity (Wildman–Crippen MR) is 60.5 cm³/mol. The first-order valence-corrected chi connectivity index (χ1v) is 6.03. The molecular weight excluding hydrogens is 222 g/mol. The molecule has 0 bridgehead atoms. The highest BCUT2D eigenvalue weighted by Crippen LogP contribution is 2.22. The highest BCUT2D eigenvalue weighted by Gasteiger charge is 2.24. The summed E-state index contributed by atoms with van der Waals surface area (Å²) in [5.41, 5.74) is 0. The number of nitrogens with one attached hydrogen (secondary N) is 1. The van der Waals surface area contributed by atoms with Gasteiger partial charge < -0.3 is 19.3 Å². The lowest BCUT2D eigenvalue weighted by Gasteiger charge is -2.20. The normalized spacial score (nSPS) is 22.6. The standard InChI is InChI=1S/C11H19N3O3/c1-3-4-8(15-2)10-13-11(17-14-10)9-7-12-5-6-16-9/h8-9,12H,3-7H2,1-2H3. The summed E-state index contributed by atoms with van der Waals surface area (Å²) >= 11 is 0. The maximum absolute atomic E-state index is 5.55. The van der Waals surface area contributed by atoms with Crippen LogP contribution in [0.2, 0.25) is 0 Å². The fourth-order valence-corrected chi connectivity index (χ4v) is 1.85. The molecule has 0 spiro atoms. The van der Waals surface area contributed by atoms with E-state index < -0.39 is 0 Å². The third kappa shape index (κ3) is 3.02. The van der Waals surface area contributed by atoms with Gasteiger partial charge in [0, 0.05) is 20.2 Å². The Bertz CT molecular complexity index is 317. The lowest BCUT2D eigenvalue weighted by molar-refractivity contribution is 0.00754. The highest BCUT2D eigenvalue weighted by atomic mass is 16.5. The van der Waals surface area contributed by atoms with Gasteiger partial charge in [-0.15, -0.1) is 0 Å². The van der Waals surface area contributed by atoms with Gasteiger partial charge in [-0.05, 0) is 6.42 Å². The lowest BCUT2D eigenvalue weighted by Crippen LogP contribution is -2.33. The van der Waals surface area contributed by atoms with Crippen LogP contribution in [0.25, 0.3) is 0 Å². The highest BCUT2D eigenvalue weighted by molar-refractivity contribution is 4.95. The molecule has 1 saturated heterocycles. The van der Waals surface area contributed by atoms with Crippen molar-refractivity contribution in [2.75, 3.05) is 26.8 Å². The van der Waals surface area contributed by atoms with E-state index in [9.17, 15) is 0 Å². The van der Waals surface area contributed by atoms with Crippen LogP contribution in [0.1, 0.15) is 43.7 Å². The minimum absolute atomic E-state index is 0.0888. The van der Waals surface area contributed by atoms with Gasteiger partial charge in [0.05, 0.1) is 6.61 Å². The van der Waals surface area contributed by atoms with E-state index in [0.717, 1.165) is 19.4 Å². The molecule has 1 aromatic heterocycles. The van der Waals surface area contributed by atoms with Crippen LogP contribution < -0.4 is 5.32 Å². The summed E-state index contributed by atoms with van der Waals surface area (Å²) in [6.45, 7) is 4.35. The molecule has 6 heteroatoms. The maximum Gasteiger partial charge on any atom is 0.257 e. The molecule has 6 nitrogen and oxygen atoms in total. The Balaban J connectivity index is 2.03. The van der Waals surface area contributed by atoms with Gasteiger partial charge >= 0.3 is 0 Å². The summed E-state index contributed by atoms with van der Waals surface area (Å²) in [5.74, 6) is 1.14. The van der Waals surface area contributed by atoms with Crippen LogP contribution >= 0.6 is 0 Å². The van der Waals surface area contributed by atoms with E-state index in [4.69, 9.17) is 14.0 Å². The molecule has 0 aliphatic carbocycles. The van der Waals surface area contributed by atoms with Gasteiger partial charge in [-0.3, -0.25) is 0 Å².